The molecule has 0 radical (unpaired) electrons. The lowest BCUT2D eigenvalue weighted by Gasteiger charge is -2.26. The largest absolute Gasteiger partial charge is 0.500 e. The first-order valence-electron chi connectivity index (χ1n) is 7.90. The number of hydrogen-bond donors (Lipinski definition) is 1. The van der Waals surface area contributed by atoms with Gasteiger partial charge in [0, 0.05) is 46.5 Å². The molecule has 0 heterocycles. The molecule has 0 saturated carbocycles. The summed E-state index contributed by atoms with van der Waals surface area (Å²) in [5.74, 6) is 0. The van der Waals surface area contributed by atoms with Gasteiger partial charge in [-0.2, -0.15) is 0 Å². The minimum Gasteiger partial charge on any atom is -0.377 e. The molecule has 1 atom stereocenters. The van der Waals surface area contributed by atoms with Crippen molar-refractivity contribution in [3.8, 4) is 0 Å². The summed E-state index contributed by atoms with van der Waals surface area (Å²) in [5, 5.41) is 0. The molecule has 0 aliphatic carbocycles. The van der Waals surface area contributed by atoms with Crippen LogP contribution in [0.3, 0.4) is 0 Å². The van der Waals surface area contributed by atoms with Gasteiger partial charge in [0.15, 0.2) is 0 Å². The van der Waals surface area contributed by atoms with Crippen molar-refractivity contribution in [1.82, 2.24) is 4.90 Å². The van der Waals surface area contributed by atoms with Crippen LogP contribution >= 0.6 is 0 Å². The summed E-state index contributed by atoms with van der Waals surface area (Å²) in [5.41, 5.74) is 7.50. The van der Waals surface area contributed by atoms with E-state index in [4.69, 9.17) is 19.0 Å². The number of benzene rings is 1. The van der Waals surface area contributed by atoms with E-state index in [2.05, 4.69) is 23.6 Å². The molecule has 0 spiro atoms. The number of nitrogens with two attached hydrogens (primary N) is 1. The van der Waals surface area contributed by atoms with Gasteiger partial charge in [0.1, 0.15) is 0 Å². The van der Waals surface area contributed by atoms with Gasteiger partial charge in [0.25, 0.3) is 0 Å². The first-order valence-corrected chi connectivity index (χ1v) is 9.84. The van der Waals surface area contributed by atoms with Crippen LogP contribution in [0.2, 0.25) is 6.04 Å². The maximum atomic E-state index is 6.24. The Morgan fingerprint density at radius 3 is 2.26 bits per heavy atom. The smallest absolute Gasteiger partial charge is 0.377 e. The van der Waals surface area contributed by atoms with Crippen molar-refractivity contribution in [2.24, 2.45) is 5.73 Å². The summed E-state index contributed by atoms with van der Waals surface area (Å²) in [4.78, 5) is 2.18. The predicted octanol–water partition coefficient (Wildman–Crippen LogP) is 2.62. The Labute approximate surface area is 141 Å². The van der Waals surface area contributed by atoms with E-state index in [0.717, 1.165) is 32.0 Å². The van der Waals surface area contributed by atoms with Crippen LogP contribution in [0.1, 0.15) is 18.4 Å². The molecular weight excluding hydrogens is 308 g/mol. The Hall–Kier alpha value is -1.18. The first-order chi connectivity index (χ1) is 11.1. The summed E-state index contributed by atoms with van der Waals surface area (Å²) in [6.45, 7) is 5.62. The van der Waals surface area contributed by atoms with Crippen LogP contribution < -0.4 is 5.73 Å². The Bertz CT molecular complexity index is 432. The fourth-order valence-electron chi connectivity index (χ4n) is 2.45. The number of hydrogen-bond acceptors (Lipinski definition) is 5. The van der Waals surface area contributed by atoms with Crippen molar-refractivity contribution in [3.05, 3.63) is 48.7 Å². The van der Waals surface area contributed by atoms with Gasteiger partial charge in [-0.05, 0) is 24.6 Å². The molecule has 1 aromatic carbocycles. The average molecular weight is 339 g/mol. The highest BCUT2D eigenvalue weighted by Gasteiger charge is 2.37. The zero-order valence-corrected chi connectivity index (χ0v) is 15.5. The van der Waals surface area contributed by atoms with Crippen LogP contribution in [0, 0.1) is 0 Å². The van der Waals surface area contributed by atoms with Gasteiger partial charge in [-0.3, -0.25) is 0 Å². The van der Waals surface area contributed by atoms with E-state index in [-0.39, 0.29) is 6.04 Å². The molecule has 0 amide bonds. The Morgan fingerprint density at radius 1 is 1.13 bits per heavy atom. The quantitative estimate of drug-likeness (QED) is 0.594. The molecule has 1 rings (SSSR count). The second-order valence-corrected chi connectivity index (χ2v) is 8.61. The van der Waals surface area contributed by atoms with Crippen LogP contribution in [0.15, 0.2) is 43.1 Å². The fourth-order valence-corrected chi connectivity index (χ4v) is 4.28. The van der Waals surface area contributed by atoms with Crippen LogP contribution in [0.25, 0.3) is 0 Å². The minimum absolute atomic E-state index is 0.0838. The van der Waals surface area contributed by atoms with Gasteiger partial charge in [0.2, 0.25) is 0 Å². The molecule has 23 heavy (non-hydrogen) atoms. The molecule has 2 N–H and O–H groups in total. The van der Waals surface area contributed by atoms with Crippen molar-refractivity contribution < 1.29 is 13.3 Å². The maximum absolute atomic E-state index is 6.24. The highest BCUT2D eigenvalue weighted by molar-refractivity contribution is 6.60. The predicted molar refractivity (Wildman–Crippen MR) is 95.8 cm³/mol. The molecule has 0 fully saturated rings. The molecule has 0 bridgehead atoms. The van der Waals surface area contributed by atoms with E-state index in [1.807, 2.05) is 24.4 Å². The standard InChI is InChI=1S/C17H30N2O3Si/c1-5-19(15-16-9-7-6-8-10-16)13-11-17(18)12-14-23(20-2,21-3)22-4/h5-10,17H,1,11-15,18H2,2-4H3. The normalized spacial score (nSPS) is 12.9. The molecule has 0 aliphatic rings. The highest BCUT2D eigenvalue weighted by Crippen LogP contribution is 2.17. The first kappa shape index (κ1) is 19.9. The third kappa shape index (κ3) is 6.84. The van der Waals surface area contributed by atoms with E-state index in [1.165, 1.54) is 5.56 Å². The Kier molecular flexibility index (Phi) is 9.12. The van der Waals surface area contributed by atoms with E-state index in [0.29, 0.717) is 0 Å². The second kappa shape index (κ2) is 10.6. The summed E-state index contributed by atoms with van der Waals surface area (Å²) < 4.78 is 16.3. The number of rotatable bonds is 12. The maximum Gasteiger partial charge on any atom is 0.500 e. The Balaban J connectivity index is 2.38. The van der Waals surface area contributed by atoms with Crippen molar-refractivity contribution in [2.75, 3.05) is 27.9 Å². The molecule has 0 saturated heterocycles. The summed E-state index contributed by atoms with van der Waals surface area (Å²) in [6, 6.07) is 11.2. The second-order valence-electron chi connectivity index (χ2n) is 5.52. The monoisotopic (exact) mass is 338 g/mol. The van der Waals surface area contributed by atoms with Gasteiger partial charge < -0.3 is 23.9 Å². The topological polar surface area (TPSA) is 57.0 Å². The van der Waals surface area contributed by atoms with E-state index in [9.17, 15) is 0 Å². The molecule has 6 heteroatoms. The Morgan fingerprint density at radius 2 is 1.74 bits per heavy atom. The third-order valence-corrected chi connectivity index (χ3v) is 6.80. The molecule has 0 aliphatic heterocycles. The van der Waals surface area contributed by atoms with Gasteiger partial charge in [-0.15, -0.1) is 0 Å². The zero-order valence-electron chi connectivity index (χ0n) is 14.5. The van der Waals surface area contributed by atoms with Crippen molar-refractivity contribution in [2.45, 2.75) is 31.5 Å². The number of nitrogens with zero attached hydrogens (tertiary/aromatic N) is 1. The molecule has 0 aromatic heterocycles. The molecule has 1 aromatic rings. The lowest BCUT2D eigenvalue weighted by atomic mass is 10.1. The van der Waals surface area contributed by atoms with Crippen LogP contribution in [0.5, 0.6) is 0 Å². The average Bonchev–Trinajstić information content (AvgIpc) is 2.61. The summed E-state index contributed by atoms with van der Waals surface area (Å²) in [7, 11) is 2.37. The zero-order chi connectivity index (χ0) is 17.1. The molecular formula is C17H30N2O3Si. The van der Waals surface area contributed by atoms with Crippen LogP contribution in [-0.2, 0) is 19.8 Å². The minimum atomic E-state index is -2.52. The van der Waals surface area contributed by atoms with Crippen molar-refractivity contribution in [1.29, 1.82) is 0 Å². The van der Waals surface area contributed by atoms with Crippen molar-refractivity contribution >= 4 is 8.80 Å². The van der Waals surface area contributed by atoms with Gasteiger partial charge in [-0.1, -0.05) is 36.9 Å². The van der Waals surface area contributed by atoms with E-state index >= 15 is 0 Å². The third-order valence-electron chi connectivity index (χ3n) is 4.03. The van der Waals surface area contributed by atoms with Gasteiger partial charge in [-0.25, -0.2) is 0 Å². The van der Waals surface area contributed by atoms with E-state index in [1.54, 1.807) is 21.3 Å². The fraction of sp³-hybridized carbons (Fsp3) is 0.529. The van der Waals surface area contributed by atoms with Crippen molar-refractivity contribution in [3.63, 3.8) is 0 Å². The van der Waals surface area contributed by atoms with E-state index < -0.39 is 8.80 Å². The van der Waals surface area contributed by atoms with Crippen LogP contribution in [0.4, 0.5) is 0 Å². The molecule has 5 nitrogen and oxygen atoms in total. The SMILES string of the molecule is C=CN(CCC(N)CC[Si](OC)(OC)OC)Cc1ccccc1. The lowest BCUT2D eigenvalue weighted by molar-refractivity contribution is 0.122. The summed E-state index contributed by atoms with van der Waals surface area (Å²) in [6.07, 6.45) is 3.58. The molecule has 130 valence electrons. The molecule has 1 unspecified atom stereocenters. The lowest BCUT2D eigenvalue weighted by Crippen LogP contribution is -2.44. The van der Waals surface area contributed by atoms with Crippen LogP contribution in [-0.4, -0.2) is 47.6 Å². The van der Waals surface area contributed by atoms with Gasteiger partial charge >= 0.3 is 8.80 Å². The summed E-state index contributed by atoms with van der Waals surface area (Å²) >= 11 is 0. The highest BCUT2D eigenvalue weighted by atomic mass is 28.4. The van der Waals surface area contributed by atoms with Gasteiger partial charge in [0.05, 0.1) is 0 Å².